The second-order valence-corrected chi connectivity index (χ2v) is 9.84. The first kappa shape index (κ1) is 19.2. The number of hydrogen-bond donors (Lipinski definition) is 1. The van der Waals surface area contributed by atoms with Crippen molar-refractivity contribution in [2.45, 2.75) is 56.4 Å². The Labute approximate surface area is 168 Å². The van der Waals surface area contributed by atoms with Gasteiger partial charge in [0.05, 0.1) is 12.0 Å². The zero-order valence-corrected chi connectivity index (χ0v) is 17.0. The van der Waals surface area contributed by atoms with E-state index in [0.29, 0.717) is 24.4 Å². The van der Waals surface area contributed by atoms with Crippen LogP contribution in [0.3, 0.4) is 0 Å². The summed E-state index contributed by atoms with van der Waals surface area (Å²) < 4.78 is 15.1. The minimum Gasteiger partial charge on any atom is -0.340 e. The van der Waals surface area contributed by atoms with Gasteiger partial charge in [0.15, 0.2) is 0 Å². The number of piperidine rings is 2. The van der Waals surface area contributed by atoms with Gasteiger partial charge in [0.25, 0.3) is 0 Å². The number of fused-ring (bicyclic) bond motifs is 2. The van der Waals surface area contributed by atoms with Gasteiger partial charge in [0.2, 0.25) is 5.91 Å². The standard InChI is InChI=1S/C21H36FN5O/c22-18-13-27(16-3-1-2-4-16)14-19(23)20(18)25-7-9-26(10-8-25)21(28)17-12-24-6-5-15(17)11-24/h15-20H,1-14,23H2. The molecule has 28 heavy (non-hydrogen) atoms. The molecule has 5 rings (SSSR count). The van der Waals surface area contributed by atoms with E-state index in [2.05, 4.69) is 14.7 Å². The van der Waals surface area contributed by atoms with Gasteiger partial charge >= 0.3 is 0 Å². The van der Waals surface area contributed by atoms with Crippen LogP contribution in [-0.2, 0) is 4.79 Å². The lowest BCUT2D eigenvalue weighted by molar-refractivity contribution is -0.139. The summed E-state index contributed by atoms with van der Waals surface area (Å²) >= 11 is 0. The highest BCUT2D eigenvalue weighted by Gasteiger charge is 2.45. The lowest BCUT2D eigenvalue weighted by Crippen LogP contribution is -2.67. The average molecular weight is 394 g/mol. The van der Waals surface area contributed by atoms with Crippen LogP contribution in [0, 0.1) is 11.8 Å². The Morgan fingerprint density at radius 2 is 1.61 bits per heavy atom. The predicted octanol–water partition coefficient (Wildman–Crippen LogP) is 0.375. The summed E-state index contributed by atoms with van der Waals surface area (Å²) in [6.07, 6.45) is 5.23. The summed E-state index contributed by atoms with van der Waals surface area (Å²) in [5.74, 6) is 1.10. The van der Waals surface area contributed by atoms with Crippen molar-refractivity contribution in [3.8, 4) is 0 Å². The van der Waals surface area contributed by atoms with Crippen LogP contribution in [0.1, 0.15) is 32.1 Å². The number of halogens is 1. The van der Waals surface area contributed by atoms with E-state index in [1.165, 1.54) is 32.1 Å². The van der Waals surface area contributed by atoms with Crippen LogP contribution in [0.2, 0.25) is 0 Å². The summed E-state index contributed by atoms with van der Waals surface area (Å²) in [5, 5.41) is 0. The predicted molar refractivity (Wildman–Crippen MR) is 107 cm³/mol. The molecular formula is C21H36FN5O. The van der Waals surface area contributed by atoms with Crippen molar-refractivity contribution < 1.29 is 9.18 Å². The molecule has 0 aromatic heterocycles. The van der Waals surface area contributed by atoms with E-state index in [9.17, 15) is 4.79 Å². The normalized spacial score (nSPS) is 43.1. The number of carbonyl (C=O) groups excluding carboxylic acids is 1. The second kappa shape index (κ2) is 7.82. The van der Waals surface area contributed by atoms with Crippen molar-refractivity contribution >= 4 is 5.91 Å². The molecule has 4 heterocycles. The van der Waals surface area contributed by atoms with Gasteiger partial charge in [0, 0.05) is 64.4 Å². The minimum absolute atomic E-state index is 0.134. The molecule has 0 spiro atoms. The first-order valence-electron chi connectivity index (χ1n) is 11.5. The Balaban J connectivity index is 1.15. The maximum absolute atomic E-state index is 15.1. The van der Waals surface area contributed by atoms with Gasteiger partial charge in [-0.05, 0) is 31.7 Å². The van der Waals surface area contributed by atoms with Gasteiger partial charge in [-0.3, -0.25) is 14.6 Å². The van der Waals surface area contributed by atoms with E-state index >= 15 is 4.39 Å². The molecule has 5 fully saturated rings. The molecule has 4 saturated heterocycles. The van der Waals surface area contributed by atoms with Crippen LogP contribution < -0.4 is 5.73 Å². The van der Waals surface area contributed by atoms with Gasteiger partial charge in [-0.15, -0.1) is 0 Å². The van der Waals surface area contributed by atoms with Crippen molar-refractivity contribution in [1.82, 2.24) is 19.6 Å². The van der Waals surface area contributed by atoms with Crippen LogP contribution in [0.4, 0.5) is 4.39 Å². The third kappa shape index (κ3) is 3.48. The fourth-order valence-electron chi connectivity index (χ4n) is 6.66. The summed E-state index contributed by atoms with van der Waals surface area (Å²) in [6.45, 7) is 7.53. The Hall–Kier alpha value is -0.760. The molecule has 2 bridgehead atoms. The maximum Gasteiger partial charge on any atom is 0.227 e. The molecule has 4 aliphatic heterocycles. The van der Waals surface area contributed by atoms with Gasteiger partial charge in [-0.2, -0.15) is 0 Å². The first-order chi connectivity index (χ1) is 13.6. The fourth-order valence-corrected chi connectivity index (χ4v) is 6.66. The summed E-state index contributed by atoms with van der Waals surface area (Å²) in [4.78, 5) is 22.0. The number of nitrogens with two attached hydrogens (primary N) is 1. The van der Waals surface area contributed by atoms with Crippen LogP contribution >= 0.6 is 0 Å². The molecule has 6 nitrogen and oxygen atoms in total. The number of likely N-dealkylation sites (tertiary alicyclic amines) is 1. The summed E-state index contributed by atoms with van der Waals surface area (Å²) in [7, 11) is 0. The van der Waals surface area contributed by atoms with Gasteiger partial charge in [0.1, 0.15) is 6.17 Å². The molecule has 6 atom stereocenters. The lowest BCUT2D eigenvalue weighted by Gasteiger charge is -2.48. The Kier molecular flexibility index (Phi) is 5.37. The molecule has 158 valence electrons. The molecule has 0 radical (unpaired) electrons. The molecule has 7 heteroatoms. The van der Waals surface area contributed by atoms with Crippen molar-refractivity contribution in [1.29, 1.82) is 0 Å². The monoisotopic (exact) mass is 393 g/mol. The highest BCUT2D eigenvalue weighted by atomic mass is 19.1. The molecule has 1 aliphatic carbocycles. The molecule has 6 unspecified atom stereocenters. The summed E-state index contributed by atoms with van der Waals surface area (Å²) in [5.41, 5.74) is 6.48. The van der Waals surface area contributed by atoms with Crippen molar-refractivity contribution in [2.75, 3.05) is 58.9 Å². The fraction of sp³-hybridized carbons (Fsp3) is 0.952. The van der Waals surface area contributed by atoms with E-state index < -0.39 is 6.17 Å². The van der Waals surface area contributed by atoms with E-state index in [1.54, 1.807) is 0 Å². The highest BCUT2D eigenvalue weighted by molar-refractivity contribution is 5.80. The van der Waals surface area contributed by atoms with Crippen LogP contribution in [-0.4, -0.2) is 109 Å². The average Bonchev–Trinajstić information content (AvgIpc) is 3.45. The van der Waals surface area contributed by atoms with E-state index in [0.717, 1.165) is 52.4 Å². The number of carbonyl (C=O) groups is 1. The molecule has 0 aromatic carbocycles. The van der Waals surface area contributed by atoms with E-state index in [-0.39, 0.29) is 18.0 Å². The first-order valence-corrected chi connectivity index (χ1v) is 11.5. The van der Waals surface area contributed by atoms with Gasteiger partial charge in [-0.25, -0.2) is 4.39 Å². The topological polar surface area (TPSA) is 56.1 Å². The number of alkyl halides is 1. The summed E-state index contributed by atoms with van der Waals surface area (Å²) in [6, 6.07) is 0.214. The zero-order chi connectivity index (χ0) is 19.3. The number of piperazine rings is 1. The van der Waals surface area contributed by atoms with Gasteiger partial charge < -0.3 is 15.5 Å². The minimum atomic E-state index is -0.884. The number of rotatable bonds is 3. The third-order valence-electron chi connectivity index (χ3n) is 8.20. The van der Waals surface area contributed by atoms with Crippen LogP contribution in [0.5, 0.6) is 0 Å². The molecule has 1 amide bonds. The number of nitrogens with zero attached hydrogens (tertiary/aromatic N) is 4. The molecule has 2 N–H and O–H groups in total. The zero-order valence-electron chi connectivity index (χ0n) is 17.0. The quantitative estimate of drug-likeness (QED) is 0.751. The Morgan fingerprint density at radius 1 is 0.857 bits per heavy atom. The van der Waals surface area contributed by atoms with E-state index in [4.69, 9.17) is 5.73 Å². The highest BCUT2D eigenvalue weighted by Crippen LogP contribution is 2.34. The van der Waals surface area contributed by atoms with Crippen molar-refractivity contribution in [3.05, 3.63) is 0 Å². The lowest BCUT2D eigenvalue weighted by atomic mass is 9.91. The number of hydrogen-bond acceptors (Lipinski definition) is 5. The Bertz CT molecular complexity index is 565. The third-order valence-corrected chi connectivity index (χ3v) is 8.20. The SMILES string of the molecule is NC1CN(C2CCCC2)CC(F)C1N1CCN(C(=O)C2CN3CCC2C3)CC1. The molecular weight excluding hydrogens is 357 g/mol. The van der Waals surface area contributed by atoms with Crippen molar-refractivity contribution in [2.24, 2.45) is 17.6 Å². The largest absolute Gasteiger partial charge is 0.340 e. The Morgan fingerprint density at radius 3 is 2.21 bits per heavy atom. The van der Waals surface area contributed by atoms with Crippen LogP contribution in [0.15, 0.2) is 0 Å². The molecule has 0 aromatic rings. The smallest absolute Gasteiger partial charge is 0.227 e. The number of amides is 1. The van der Waals surface area contributed by atoms with Crippen molar-refractivity contribution in [3.63, 3.8) is 0 Å². The maximum atomic E-state index is 15.1. The van der Waals surface area contributed by atoms with E-state index in [1.807, 2.05) is 4.90 Å². The van der Waals surface area contributed by atoms with Gasteiger partial charge in [-0.1, -0.05) is 12.8 Å². The second-order valence-electron chi connectivity index (χ2n) is 9.84. The van der Waals surface area contributed by atoms with Crippen LogP contribution in [0.25, 0.3) is 0 Å². The molecule has 5 aliphatic rings. The molecule has 1 saturated carbocycles.